The number of nitrogens with zero attached hydrogens (tertiary/aromatic N) is 3. The van der Waals surface area contributed by atoms with Gasteiger partial charge in [0.2, 0.25) is 0 Å². The van der Waals surface area contributed by atoms with Crippen molar-refractivity contribution in [3.63, 3.8) is 0 Å². The van der Waals surface area contributed by atoms with Crippen molar-refractivity contribution in [3.05, 3.63) is 11.6 Å². The summed E-state index contributed by atoms with van der Waals surface area (Å²) in [5.74, 6) is 1.44. The van der Waals surface area contributed by atoms with Crippen LogP contribution < -0.4 is 5.73 Å². The maximum Gasteiger partial charge on any atom is 0.159 e. The minimum atomic E-state index is -3.27. The van der Waals surface area contributed by atoms with Crippen LogP contribution in [0, 0.1) is 5.92 Å². The summed E-state index contributed by atoms with van der Waals surface area (Å²) in [5.41, 5.74) is 5.62. The Morgan fingerprint density at radius 1 is 1.33 bits per heavy atom. The Labute approximate surface area is 109 Å². The topological polar surface area (TPSA) is 90.9 Å². The lowest BCUT2D eigenvalue weighted by atomic mass is 10.1. The maximum atomic E-state index is 11.9. The fourth-order valence-corrected chi connectivity index (χ4v) is 2.14. The predicted molar refractivity (Wildman–Crippen MR) is 70.6 cm³/mol. The van der Waals surface area contributed by atoms with Crippen molar-refractivity contribution >= 4 is 9.84 Å². The standard InChI is InChI=1S/C11H22N4O2S/c1-8(2)7-15-9(6-12)13-14-10(15)11(3,4)18(5,16)17/h8H,6-7,12H2,1-5H3. The first kappa shape index (κ1) is 15.1. The van der Waals surface area contributed by atoms with Gasteiger partial charge in [-0.05, 0) is 19.8 Å². The molecule has 1 rings (SSSR count). The SMILES string of the molecule is CC(C)Cn1c(CN)nnc1C(C)(C)S(C)(=O)=O. The second-order valence-corrected chi connectivity index (χ2v) is 8.00. The lowest BCUT2D eigenvalue weighted by Gasteiger charge is -2.23. The Morgan fingerprint density at radius 2 is 1.89 bits per heavy atom. The Bertz CT molecular complexity index is 517. The van der Waals surface area contributed by atoms with Gasteiger partial charge in [-0.25, -0.2) is 8.42 Å². The molecule has 0 aliphatic carbocycles. The largest absolute Gasteiger partial charge is 0.324 e. The van der Waals surface area contributed by atoms with Gasteiger partial charge >= 0.3 is 0 Å². The molecular formula is C11H22N4O2S. The average Bonchev–Trinajstić information content (AvgIpc) is 2.58. The highest BCUT2D eigenvalue weighted by molar-refractivity contribution is 7.91. The van der Waals surface area contributed by atoms with Crippen molar-refractivity contribution in [1.82, 2.24) is 14.8 Å². The summed E-state index contributed by atoms with van der Waals surface area (Å²) in [7, 11) is -3.27. The molecule has 0 aliphatic rings. The zero-order chi connectivity index (χ0) is 14.1. The van der Waals surface area contributed by atoms with E-state index in [4.69, 9.17) is 5.73 Å². The lowest BCUT2D eigenvalue weighted by molar-refractivity contribution is 0.466. The van der Waals surface area contributed by atoms with Crippen LogP contribution in [0.4, 0.5) is 0 Å². The van der Waals surface area contributed by atoms with Gasteiger partial charge < -0.3 is 10.3 Å². The van der Waals surface area contributed by atoms with Crippen molar-refractivity contribution < 1.29 is 8.42 Å². The Kier molecular flexibility index (Phi) is 4.17. The Balaban J connectivity index is 3.37. The van der Waals surface area contributed by atoms with E-state index < -0.39 is 14.6 Å². The smallest absolute Gasteiger partial charge is 0.159 e. The molecular weight excluding hydrogens is 252 g/mol. The number of aromatic nitrogens is 3. The van der Waals surface area contributed by atoms with Crippen LogP contribution in [0.2, 0.25) is 0 Å². The predicted octanol–water partition coefficient (Wildman–Crippen LogP) is 0.672. The van der Waals surface area contributed by atoms with E-state index in [0.29, 0.717) is 24.1 Å². The van der Waals surface area contributed by atoms with E-state index in [9.17, 15) is 8.42 Å². The zero-order valence-corrected chi connectivity index (χ0v) is 12.5. The quantitative estimate of drug-likeness (QED) is 0.852. The zero-order valence-electron chi connectivity index (χ0n) is 11.6. The fraction of sp³-hybridized carbons (Fsp3) is 0.818. The maximum absolute atomic E-state index is 11.9. The first-order chi connectivity index (χ1) is 8.11. The van der Waals surface area contributed by atoms with Crippen LogP contribution in [0.5, 0.6) is 0 Å². The highest BCUT2D eigenvalue weighted by Crippen LogP contribution is 2.28. The van der Waals surface area contributed by atoms with E-state index in [0.717, 1.165) is 0 Å². The average molecular weight is 274 g/mol. The fourth-order valence-electron chi connectivity index (χ4n) is 1.65. The third-order valence-electron chi connectivity index (χ3n) is 3.02. The van der Waals surface area contributed by atoms with Crippen molar-refractivity contribution in [2.75, 3.05) is 6.26 Å². The van der Waals surface area contributed by atoms with Crippen molar-refractivity contribution in [2.24, 2.45) is 11.7 Å². The molecule has 1 heterocycles. The molecule has 0 amide bonds. The minimum absolute atomic E-state index is 0.250. The summed E-state index contributed by atoms with van der Waals surface area (Å²) >= 11 is 0. The summed E-state index contributed by atoms with van der Waals surface area (Å²) in [4.78, 5) is 0. The van der Waals surface area contributed by atoms with Crippen LogP contribution >= 0.6 is 0 Å². The van der Waals surface area contributed by atoms with Crippen LogP contribution in [0.25, 0.3) is 0 Å². The number of rotatable bonds is 5. The van der Waals surface area contributed by atoms with Gasteiger partial charge in [0.25, 0.3) is 0 Å². The molecule has 0 saturated heterocycles. The van der Waals surface area contributed by atoms with E-state index >= 15 is 0 Å². The molecule has 18 heavy (non-hydrogen) atoms. The lowest BCUT2D eigenvalue weighted by Crippen LogP contribution is -2.33. The van der Waals surface area contributed by atoms with Crippen LogP contribution in [-0.2, 0) is 27.7 Å². The summed E-state index contributed by atoms with van der Waals surface area (Å²) in [6.07, 6.45) is 1.21. The number of hydrogen-bond donors (Lipinski definition) is 1. The summed E-state index contributed by atoms with van der Waals surface area (Å²) in [6.45, 7) is 8.30. The molecule has 1 aromatic rings. The van der Waals surface area contributed by atoms with Crippen molar-refractivity contribution in [2.45, 2.75) is 45.5 Å². The molecule has 0 atom stereocenters. The molecule has 0 saturated carbocycles. The van der Waals surface area contributed by atoms with Gasteiger partial charge in [0.1, 0.15) is 10.6 Å². The second kappa shape index (κ2) is 4.97. The molecule has 0 spiro atoms. The molecule has 6 nitrogen and oxygen atoms in total. The third-order valence-corrected chi connectivity index (χ3v) is 5.06. The highest BCUT2D eigenvalue weighted by atomic mass is 32.2. The van der Waals surface area contributed by atoms with Crippen molar-refractivity contribution in [1.29, 1.82) is 0 Å². The minimum Gasteiger partial charge on any atom is -0.324 e. The van der Waals surface area contributed by atoms with Gasteiger partial charge in [-0.2, -0.15) is 0 Å². The molecule has 0 unspecified atom stereocenters. The first-order valence-corrected chi connectivity index (χ1v) is 7.82. The van der Waals surface area contributed by atoms with Gasteiger partial charge in [-0.15, -0.1) is 10.2 Å². The molecule has 0 fully saturated rings. The molecule has 7 heteroatoms. The molecule has 1 aromatic heterocycles. The Morgan fingerprint density at radius 3 is 2.28 bits per heavy atom. The van der Waals surface area contributed by atoms with Gasteiger partial charge in [0.05, 0.1) is 6.54 Å². The van der Waals surface area contributed by atoms with E-state index in [1.807, 2.05) is 4.57 Å². The van der Waals surface area contributed by atoms with Gasteiger partial charge in [-0.3, -0.25) is 0 Å². The number of hydrogen-bond acceptors (Lipinski definition) is 5. The monoisotopic (exact) mass is 274 g/mol. The molecule has 104 valence electrons. The van der Waals surface area contributed by atoms with Gasteiger partial charge in [-0.1, -0.05) is 13.8 Å². The van der Waals surface area contributed by atoms with Crippen LogP contribution in [-0.4, -0.2) is 29.4 Å². The van der Waals surface area contributed by atoms with Crippen LogP contribution in [0.1, 0.15) is 39.3 Å². The van der Waals surface area contributed by atoms with E-state index in [1.54, 1.807) is 13.8 Å². The van der Waals surface area contributed by atoms with Crippen LogP contribution in [0.3, 0.4) is 0 Å². The second-order valence-electron chi connectivity index (χ2n) is 5.43. The van der Waals surface area contributed by atoms with Crippen LogP contribution in [0.15, 0.2) is 0 Å². The highest BCUT2D eigenvalue weighted by Gasteiger charge is 2.38. The number of nitrogens with two attached hydrogens (primary N) is 1. The van der Waals surface area contributed by atoms with E-state index in [-0.39, 0.29) is 6.54 Å². The van der Waals surface area contributed by atoms with Gasteiger partial charge in [0, 0.05) is 12.8 Å². The third kappa shape index (κ3) is 2.72. The van der Waals surface area contributed by atoms with E-state index in [2.05, 4.69) is 24.0 Å². The molecule has 0 aliphatic heterocycles. The summed E-state index contributed by atoms with van der Waals surface area (Å²) < 4.78 is 24.5. The molecule has 2 N–H and O–H groups in total. The molecule has 0 bridgehead atoms. The number of sulfone groups is 1. The summed E-state index contributed by atoms with van der Waals surface area (Å²) in [6, 6.07) is 0. The normalized spacial score (nSPS) is 13.3. The van der Waals surface area contributed by atoms with E-state index in [1.165, 1.54) is 6.26 Å². The Hall–Kier alpha value is -0.950. The van der Waals surface area contributed by atoms with Crippen molar-refractivity contribution in [3.8, 4) is 0 Å². The summed E-state index contributed by atoms with van der Waals surface area (Å²) in [5, 5.41) is 8.02. The molecule has 0 radical (unpaired) electrons. The first-order valence-electron chi connectivity index (χ1n) is 5.93. The van der Waals surface area contributed by atoms with Gasteiger partial charge in [0.15, 0.2) is 15.7 Å². The molecule has 0 aromatic carbocycles.